The predicted molar refractivity (Wildman–Crippen MR) is 78.5 cm³/mol. The van der Waals surface area contributed by atoms with Gasteiger partial charge in [0.1, 0.15) is 0 Å². The van der Waals surface area contributed by atoms with Crippen LogP contribution in [0.1, 0.15) is 28.7 Å². The highest BCUT2D eigenvalue weighted by Gasteiger charge is 2.21. The molecule has 0 aliphatic heterocycles. The molecule has 2 rings (SSSR count). The number of hydrogen-bond donors (Lipinski definition) is 1. The molecule has 0 atom stereocenters. The van der Waals surface area contributed by atoms with Crippen molar-refractivity contribution in [2.75, 3.05) is 11.9 Å². The van der Waals surface area contributed by atoms with Gasteiger partial charge < -0.3 is 10.1 Å². The highest BCUT2D eigenvalue weighted by atomic mass is 16.5. The van der Waals surface area contributed by atoms with Gasteiger partial charge in [-0.25, -0.2) is 9.59 Å². The number of carbonyl (C=O) groups is 2. The minimum atomic E-state index is -0.524. The Balaban J connectivity index is 2.26. The van der Waals surface area contributed by atoms with Gasteiger partial charge in [-0.3, -0.25) is 0 Å². The maximum atomic E-state index is 12.2. The molecule has 0 bridgehead atoms. The van der Waals surface area contributed by atoms with Crippen LogP contribution < -0.4 is 5.32 Å². The molecule has 1 N–H and O–H groups in total. The highest BCUT2D eigenvalue weighted by molar-refractivity contribution is 5.94. The van der Waals surface area contributed by atoms with Gasteiger partial charge in [0.15, 0.2) is 5.69 Å². The van der Waals surface area contributed by atoms with Crippen LogP contribution in [0.15, 0.2) is 30.3 Å². The minimum absolute atomic E-state index is 0.164. The molecule has 0 fully saturated rings. The monoisotopic (exact) mass is 287 g/mol. The lowest BCUT2D eigenvalue weighted by molar-refractivity contribution is 0.0518. The van der Waals surface area contributed by atoms with E-state index in [-0.39, 0.29) is 12.3 Å². The summed E-state index contributed by atoms with van der Waals surface area (Å²) in [4.78, 5) is 24.0. The fourth-order valence-electron chi connectivity index (χ4n) is 1.87. The number of carbonyl (C=O) groups excluding carboxylic acids is 2. The summed E-state index contributed by atoms with van der Waals surface area (Å²) in [5, 5.41) is 6.77. The van der Waals surface area contributed by atoms with Crippen LogP contribution in [0.5, 0.6) is 0 Å². The van der Waals surface area contributed by atoms with E-state index < -0.39 is 12.0 Å². The maximum Gasteiger partial charge on any atom is 0.359 e. The Hall–Kier alpha value is -2.63. The fourth-order valence-corrected chi connectivity index (χ4v) is 1.87. The van der Waals surface area contributed by atoms with Crippen molar-refractivity contribution >= 4 is 17.7 Å². The molecule has 1 aromatic carbocycles. The Morgan fingerprint density at radius 3 is 2.52 bits per heavy atom. The van der Waals surface area contributed by atoms with Gasteiger partial charge >= 0.3 is 12.0 Å². The van der Waals surface area contributed by atoms with Crippen LogP contribution in [0.3, 0.4) is 0 Å². The third-order valence-electron chi connectivity index (χ3n) is 3.10. The zero-order valence-corrected chi connectivity index (χ0v) is 12.2. The van der Waals surface area contributed by atoms with Crippen molar-refractivity contribution < 1.29 is 14.3 Å². The molecule has 6 nitrogen and oxygen atoms in total. The summed E-state index contributed by atoms with van der Waals surface area (Å²) in [6.07, 6.45) is 0. The van der Waals surface area contributed by atoms with Gasteiger partial charge in [-0.1, -0.05) is 18.2 Å². The van der Waals surface area contributed by atoms with Crippen molar-refractivity contribution in [3.8, 4) is 0 Å². The molecule has 0 radical (unpaired) electrons. The van der Waals surface area contributed by atoms with Crippen LogP contribution in [-0.4, -0.2) is 28.4 Å². The van der Waals surface area contributed by atoms with Gasteiger partial charge in [0.25, 0.3) is 0 Å². The number of para-hydroxylation sites is 1. The summed E-state index contributed by atoms with van der Waals surface area (Å²) < 4.78 is 6.10. The van der Waals surface area contributed by atoms with E-state index in [4.69, 9.17) is 4.74 Å². The van der Waals surface area contributed by atoms with Crippen LogP contribution in [0.4, 0.5) is 10.5 Å². The molecule has 0 saturated heterocycles. The second kappa shape index (κ2) is 6.21. The molecule has 0 aliphatic rings. The van der Waals surface area contributed by atoms with Crippen molar-refractivity contribution in [1.29, 1.82) is 0 Å². The number of nitrogens with one attached hydrogen (secondary N) is 1. The fraction of sp³-hybridized carbons (Fsp3) is 0.267. The van der Waals surface area contributed by atoms with E-state index in [1.165, 1.54) is 4.68 Å². The summed E-state index contributed by atoms with van der Waals surface area (Å²) in [6, 6.07) is 8.63. The molecule has 1 amide bonds. The Morgan fingerprint density at radius 2 is 1.90 bits per heavy atom. The molecule has 0 spiro atoms. The molecule has 110 valence electrons. The molecular weight excluding hydrogens is 270 g/mol. The van der Waals surface area contributed by atoms with Crippen molar-refractivity contribution in [3.05, 3.63) is 47.3 Å². The Labute approximate surface area is 122 Å². The normalized spacial score (nSPS) is 10.2. The van der Waals surface area contributed by atoms with E-state index in [2.05, 4.69) is 10.4 Å². The molecular formula is C15H17N3O3. The topological polar surface area (TPSA) is 73.2 Å². The number of benzene rings is 1. The zero-order chi connectivity index (χ0) is 15.4. The predicted octanol–water partition coefficient (Wildman–Crippen LogP) is 2.76. The quantitative estimate of drug-likeness (QED) is 0.881. The van der Waals surface area contributed by atoms with Crippen molar-refractivity contribution in [3.63, 3.8) is 0 Å². The van der Waals surface area contributed by atoms with E-state index in [1.807, 2.05) is 18.2 Å². The Kier molecular flexibility index (Phi) is 4.37. The molecule has 1 heterocycles. The van der Waals surface area contributed by atoms with Gasteiger partial charge in [-0.15, -0.1) is 0 Å². The Bertz CT molecular complexity index is 662. The van der Waals surface area contributed by atoms with Crippen molar-refractivity contribution in [2.24, 2.45) is 0 Å². The number of hydrogen-bond acceptors (Lipinski definition) is 4. The molecule has 1 aromatic heterocycles. The standard InChI is InChI=1S/C15H17N3O3/c1-4-21-14(19)13-10(2)11(3)18(17-13)15(20)16-12-8-6-5-7-9-12/h5-9H,4H2,1-3H3,(H,16,20). The molecule has 0 unspecified atom stereocenters. The van der Waals surface area contributed by atoms with Crippen LogP contribution in [0, 0.1) is 13.8 Å². The summed E-state index contributed by atoms with van der Waals surface area (Å²) in [6.45, 7) is 5.45. The van der Waals surface area contributed by atoms with E-state index in [0.717, 1.165) is 0 Å². The first-order valence-electron chi connectivity index (χ1n) is 6.64. The molecule has 0 saturated carbocycles. The average Bonchev–Trinajstić information content (AvgIpc) is 2.77. The number of aromatic nitrogens is 2. The number of esters is 1. The first-order valence-corrected chi connectivity index (χ1v) is 6.64. The van der Waals surface area contributed by atoms with Crippen LogP contribution in [0.2, 0.25) is 0 Å². The summed E-state index contributed by atoms with van der Waals surface area (Å²) >= 11 is 0. The first kappa shape index (κ1) is 14.8. The smallest absolute Gasteiger partial charge is 0.359 e. The number of rotatable bonds is 3. The summed E-state index contributed by atoms with van der Waals surface area (Å²) in [5.74, 6) is -0.524. The zero-order valence-electron chi connectivity index (χ0n) is 12.2. The number of anilines is 1. The summed E-state index contributed by atoms with van der Waals surface area (Å²) in [7, 11) is 0. The summed E-state index contributed by atoms with van der Waals surface area (Å²) in [5.41, 5.74) is 2.06. The molecule has 21 heavy (non-hydrogen) atoms. The van der Waals surface area contributed by atoms with Crippen molar-refractivity contribution in [2.45, 2.75) is 20.8 Å². The third-order valence-corrected chi connectivity index (χ3v) is 3.10. The Morgan fingerprint density at radius 1 is 1.24 bits per heavy atom. The third kappa shape index (κ3) is 3.10. The van der Waals surface area contributed by atoms with Gasteiger partial charge in [0, 0.05) is 16.9 Å². The van der Waals surface area contributed by atoms with E-state index in [0.29, 0.717) is 16.9 Å². The number of amides is 1. The maximum absolute atomic E-state index is 12.2. The van der Waals surface area contributed by atoms with Crippen molar-refractivity contribution in [1.82, 2.24) is 9.78 Å². The molecule has 6 heteroatoms. The SMILES string of the molecule is CCOC(=O)c1nn(C(=O)Nc2ccccc2)c(C)c1C. The number of ether oxygens (including phenoxy) is 1. The van der Waals surface area contributed by atoms with Gasteiger partial charge in [-0.05, 0) is 32.9 Å². The lowest BCUT2D eigenvalue weighted by Crippen LogP contribution is -2.22. The number of nitrogens with zero attached hydrogens (tertiary/aromatic N) is 2. The van der Waals surface area contributed by atoms with Gasteiger partial charge in [0.2, 0.25) is 0 Å². The largest absolute Gasteiger partial charge is 0.461 e. The second-order valence-corrected chi connectivity index (χ2v) is 4.49. The molecule has 0 aliphatic carbocycles. The second-order valence-electron chi connectivity index (χ2n) is 4.49. The lowest BCUT2D eigenvalue weighted by Gasteiger charge is -2.06. The van der Waals surface area contributed by atoms with E-state index in [1.54, 1.807) is 32.9 Å². The minimum Gasteiger partial charge on any atom is -0.461 e. The van der Waals surface area contributed by atoms with Gasteiger partial charge in [-0.2, -0.15) is 9.78 Å². The first-order chi connectivity index (χ1) is 10.0. The van der Waals surface area contributed by atoms with Crippen LogP contribution in [-0.2, 0) is 4.74 Å². The lowest BCUT2D eigenvalue weighted by atomic mass is 10.2. The van der Waals surface area contributed by atoms with Gasteiger partial charge in [0.05, 0.1) is 6.61 Å². The van der Waals surface area contributed by atoms with Crippen LogP contribution in [0.25, 0.3) is 0 Å². The highest BCUT2D eigenvalue weighted by Crippen LogP contribution is 2.14. The average molecular weight is 287 g/mol. The van der Waals surface area contributed by atoms with E-state index >= 15 is 0 Å². The molecule has 2 aromatic rings. The van der Waals surface area contributed by atoms with Crippen LogP contribution >= 0.6 is 0 Å². The van der Waals surface area contributed by atoms with E-state index in [9.17, 15) is 9.59 Å².